The van der Waals surface area contributed by atoms with Crippen LogP contribution in [0.3, 0.4) is 0 Å². The number of nitrogens with one attached hydrogen (secondary N) is 1. The summed E-state index contributed by atoms with van der Waals surface area (Å²) in [5.41, 5.74) is 1.48. The quantitative estimate of drug-likeness (QED) is 0.864. The summed E-state index contributed by atoms with van der Waals surface area (Å²) in [6.45, 7) is 1.90. The summed E-state index contributed by atoms with van der Waals surface area (Å²) in [7, 11) is -0.868. The minimum absolute atomic E-state index is 0.0227. The van der Waals surface area contributed by atoms with Gasteiger partial charge in [-0.25, -0.2) is 13.1 Å². The number of halogens is 1. The second kappa shape index (κ2) is 7.21. The Morgan fingerprint density at radius 3 is 2.35 bits per heavy atom. The maximum absolute atomic E-state index is 12.6. The zero-order valence-corrected chi connectivity index (χ0v) is 14.7. The fourth-order valence-corrected chi connectivity index (χ4v) is 3.50. The molecule has 2 aromatic rings. The molecule has 0 amide bonds. The first kappa shape index (κ1) is 17.6. The van der Waals surface area contributed by atoms with E-state index in [-0.39, 0.29) is 17.2 Å². The van der Waals surface area contributed by atoms with Gasteiger partial charge in [-0.1, -0.05) is 29.8 Å². The second-order valence-electron chi connectivity index (χ2n) is 4.89. The highest BCUT2D eigenvalue weighted by Crippen LogP contribution is 2.31. The van der Waals surface area contributed by atoms with Crippen molar-refractivity contribution in [1.82, 2.24) is 4.72 Å². The van der Waals surface area contributed by atoms with Crippen LogP contribution in [0.2, 0.25) is 5.02 Å². The molecule has 2 aromatic carbocycles. The lowest BCUT2D eigenvalue weighted by Gasteiger charge is -2.14. The fourth-order valence-electron chi connectivity index (χ4n) is 2.12. The van der Waals surface area contributed by atoms with Crippen LogP contribution in [-0.4, -0.2) is 22.6 Å². The van der Waals surface area contributed by atoms with Crippen LogP contribution in [0, 0.1) is 6.92 Å². The highest BCUT2D eigenvalue weighted by atomic mass is 35.5. The molecule has 0 atom stereocenters. The molecule has 1 N–H and O–H groups in total. The van der Waals surface area contributed by atoms with Crippen molar-refractivity contribution in [3.8, 4) is 11.5 Å². The number of methoxy groups -OCH3 is 2. The van der Waals surface area contributed by atoms with Crippen LogP contribution in [0.15, 0.2) is 41.3 Å². The molecule has 2 rings (SSSR count). The summed E-state index contributed by atoms with van der Waals surface area (Å²) in [4.78, 5) is 0.0227. The zero-order valence-electron chi connectivity index (χ0n) is 13.1. The van der Waals surface area contributed by atoms with E-state index in [9.17, 15) is 8.42 Å². The first-order chi connectivity index (χ1) is 10.9. The SMILES string of the molecule is COc1cc(S(=O)(=O)NCc2ccccc2Cl)c(OC)cc1C. The Morgan fingerprint density at radius 2 is 1.74 bits per heavy atom. The van der Waals surface area contributed by atoms with Crippen LogP contribution in [0.5, 0.6) is 11.5 Å². The van der Waals surface area contributed by atoms with E-state index < -0.39 is 10.0 Å². The normalized spacial score (nSPS) is 11.3. The minimum atomic E-state index is -3.78. The largest absolute Gasteiger partial charge is 0.496 e. The van der Waals surface area contributed by atoms with Gasteiger partial charge in [-0.15, -0.1) is 0 Å². The van der Waals surface area contributed by atoms with Gasteiger partial charge in [0.1, 0.15) is 16.4 Å². The molecule has 0 aliphatic carbocycles. The molecule has 0 heterocycles. The van der Waals surface area contributed by atoms with Crippen molar-refractivity contribution in [3.05, 3.63) is 52.5 Å². The third-order valence-electron chi connectivity index (χ3n) is 3.38. The van der Waals surface area contributed by atoms with E-state index in [0.717, 1.165) is 5.56 Å². The lowest BCUT2D eigenvalue weighted by atomic mass is 10.2. The Balaban J connectivity index is 2.34. The molecule has 7 heteroatoms. The second-order valence-corrected chi connectivity index (χ2v) is 7.03. The number of benzene rings is 2. The maximum atomic E-state index is 12.6. The average molecular weight is 356 g/mol. The summed E-state index contributed by atoms with van der Waals surface area (Å²) in [6, 6.07) is 10.1. The third kappa shape index (κ3) is 3.96. The Morgan fingerprint density at radius 1 is 1.09 bits per heavy atom. The van der Waals surface area contributed by atoms with E-state index in [1.807, 2.05) is 6.92 Å². The number of aryl methyl sites for hydroxylation is 1. The van der Waals surface area contributed by atoms with Crippen LogP contribution in [0.4, 0.5) is 0 Å². The summed E-state index contributed by atoms with van der Waals surface area (Å²) >= 11 is 6.05. The molecule has 0 aliphatic rings. The molecule has 0 saturated carbocycles. The van der Waals surface area contributed by atoms with Gasteiger partial charge in [0.25, 0.3) is 0 Å². The average Bonchev–Trinajstić information content (AvgIpc) is 2.53. The van der Waals surface area contributed by atoms with Crippen molar-refractivity contribution in [2.75, 3.05) is 14.2 Å². The van der Waals surface area contributed by atoms with E-state index in [1.54, 1.807) is 30.3 Å². The Bertz CT molecular complexity index is 806. The van der Waals surface area contributed by atoms with Crippen molar-refractivity contribution in [2.45, 2.75) is 18.4 Å². The van der Waals surface area contributed by atoms with Crippen molar-refractivity contribution in [3.63, 3.8) is 0 Å². The molecule has 0 radical (unpaired) electrons. The summed E-state index contributed by atoms with van der Waals surface area (Å²) in [6.07, 6.45) is 0. The Kier molecular flexibility index (Phi) is 5.51. The molecule has 124 valence electrons. The van der Waals surface area contributed by atoms with Crippen molar-refractivity contribution < 1.29 is 17.9 Å². The maximum Gasteiger partial charge on any atom is 0.244 e. The molecular formula is C16H18ClNO4S. The number of ether oxygens (including phenoxy) is 2. The van der Waals surface area contributed by atoms with Crippen LogP contribution >= 0.6 is 11.6 Å². The highest BCUT2D eigenvalue weighted by Gasteiger charge is 2.22. The lowest BCUT2D eigenvalue weighted by Crippen LogP contribution is -2.24. The molecule has 0 unspecified atom stereocenters. The first-order valence-corrected chi connectivity index (χ1v) is 8.71. The molecular weight excluding hydrogens is 338 g/mol. The molecule has 0 aromatic heterocycles. The molecule has 0 aliphatic heterocycles. The van der Waals surface area contributed by atoms with E-state index in [2.05, 4.69) is 4.72 Å². The molecule has 0 spiro atoms. The molecule has 23 heavy (non-hydrogen) atoms. The van der Waals surface area contributed by atoms with Crippen LogP contribution in [-0.2, 0) is 16.6 Å². The van der Waals surface area contributed by atoms with Gasteiger partial charge in [-0.05, 0) is 30.2 Å². The highest BCUT2D eigenvalue weighted by molar-refractivity contribution is 7.89. The third-order valence-corrected chi connectivity index (χ3v) is 5.17. The summed E-state index contributed by atoms with van der Waals surface area (Å²) in [5.74, 6) is 0.735. The minimum Gasteiger partial charge on any atom is -0.496 e. The Hall–Kier alpha value is -1.76. The first-order valence-electron chi connectivity index (χ1n) is 6.84. The van der Waals surface area contributed by atoms with Gasteiger partial charge >= 0.3 is 0 Å². The summed E-state index contributed by atoms with van der Waals surface area (Å²) in [5, 5.41) is 0.503. The van der Waals surface area contributed by atoms with Crippen LogP contribution in [0.25, 0.3) is 0 Å². The molecule has 0 bridgehead atoms. The van der Waals surface area contributed by atoms with Gasteiger partial charge in [-0.2, -0.15) is 0 Å². The number of hydrogen-bond donors (Lipinski definition) is 1. The standard InChI is InChI=1S/C16H18ClNO4S/c1-11-8-15(22-3)16(9-14(11)21-2)23(19,20)18-10-12-6-4-5-7-13(12)17/h4-9,18H,10H2,1-3H3. The topological polar surface area (TPSA) is 64.6 Å². The van der Waals surface area contributed by atoms with Crippen molar-refractivity contribution in [2.24, 2.45) is 0 Å². The van der Waals surface area contributed by atoms with Gasteiger partial charge in [0.15, 0.2) is 0 Å². The predicted octanol–water partition coefficient (Wildman–Crippen LogP) is 3.14. The van der Waals surface area contributed by atoms with Gasteiger partial charge in [0.2, 0.25) is 10.0 Å². The fraction of sp³-hybridized carbons (Fsp3) is 0.250. The van der Waals surface area contributed by atoms with Gasteiger partial charge in [0.05, 0.1) is 14.2 Å². The van der Waals surface area contributed by atoms with Crippen LogP contribution in [0.1, 0.15) is 11.1 Å². The van der Waals surface area contributed by atoms with E-state index in [1.165, 1.54) is 20.3 Å². The van der Waals surface area contributed by atoms with Crippen molar-refractivity contribution in [1.29, 1.82) is 0 Å². The molecule has 0 fully saturated rings. The lowest BCUT2D eigenvalue weighted by molar-refractivity contribution is 0.390. The van der Waals surface area contributed by atoms with Gasteiger partial charge in [0, 0.05) is 17.6 Å². The van der Waals surface area contributed by atoms with Gasteiger partial charge < -0.3 is 9.47 Å². The number of hydrogen-bond acceptors (Lipinski definition) is 4. The number of rotatable bonds is 6. The molecule has 5 nitrogen and oxygen atoms in total. The zero-order chi connectivity index (χ0) is 17.0. The van der Waals surface area contributed by atoms with E-state index in [4.69, 9.17) is 21.1 Å². The van der Waals surface area contributed by atoms with Gasteiger partial charge in [-0.3, -0.25) is 0 Å². The van der Waals surface area contributed by atoms with Crippen molar-refractivity contribution >= 4 is 21.6 Å². The molecule has 0 saturated heterocycles. The predicted molar refractivity (Wildman–Crippen MR) is 89.8 cm³/mol. The van der Waals surface area contributed by atoms with E-state index in [0.29, 0.717) is 16.3 Å². The van der Waals surface area contributed by atoms with Crippen LogP contribution < -0.4 is 14.2 Å². The summed E-state index contributed by atoms with van der Waals surface area (Å²) < 4.78 is 38.1. The van der Waals surface area contributed by atoms with E-state index >= 15 is 0 Å². The smallest absolute Gasteiger partial charge is 0.244 e. The Labute approximate surface area is 141 Å². The number of sulfonamides is 1. The monoisotopic (exact) mass is 355 g/mol.